The Bertz CT molecular complexity index is 295. The van der Waals surface area contributed by atoms with Gasteiger partial charge in [0.1, 0.15) is 0 Å². The number of rotatable bonds is 3. The van der Waals surface area contributed by atoms with Crippen LogP contribution in [0, 0.1) is 0 Å². The molecule has 0 aliphatic heterocycles. The van der Waals surface area contributed by atoms with Gasteiger partial charge in [0.05, 0.1) is 18.1 Å². The molecule has 3 nitrogen and oxygen atoms in total. The second kappa shape index (κ2) is 4.23. The largest absolute Gasteiger partial charge is 0.340 e. The molecule has 13 heavy (non-hydrogen) atoms. The van der Waals surface area contributed by atoms with Crippen molar-refractivity contribution >= 4 is 0 Å². The second-order valence-electron chi connectivity index (χ2n) is 3.47. The van der Waals surface area contributed by atoms with Crippen LogP contribution < -0.4 is 5.32 Å². The van der Waals surface area contributed by atoms with Gasteiger partial charge in [-0.15, -0.1) is 0 Å². The summed E-state index contributed by atoms with van der Waals surface area (Å²) >= 11 is 0. The van der Waals surface area contributed by atoms with E-state index >= 15 is 0 Å². The highest BCUT2D eigenvalue weighted by Gasteiger charge is 2.07. The van der Waals surface area contributed by atoms with E-state index < -0.39 is 0 Å². The highest BCUT2D eigenvalue weighted by Crippen LogP contribution is 2.12. The minimum absolute atomic E-state index is 0.228. The van der Waals surface area contributed by atoms with Crippen LogP contribution in [0.25, 0.3) is 0 Å². The summed E-state index contributed by atoms with van der Waals surface area (Å²) in [6, 6.07) is 0.228. The standard InChI is InChI=1S/C10H17N3/c1-8(2)5-9(11-3)10-6-13(4)7-12-10/h5-7,9,11H,1-4H3. The number of aryl methyl sites for hydroxylation is 1. The molecule has 0 fully saturated rings. The van der Waals surface area contributed by atoms with E-state index in [0.29, 0.717) is 0 Å². The zero-order chi connectivity index (χ0) is 9.84. The van der Waals surface area contributed by atoms with Gasteiger partial charge in [-0.25, -0.2) is 4.98 Å². The van der Waals surface area contributed by atoms with Crippen molar-refractivity contribution in [1.29, 1.82) is 0 Å². The molecule has 72 valence electrons. The number of nitrogens with zero attached hydrogens (tertiary/aromatic N) is 2. The minimum Gasteiger partial charge on any atom is -0.340 e. The Morgan fingerprint density at radius 2 is 2.31 bits per heavy atom. The van der Waals surface area contributed by atoms with Gasteiger partial charge in [0.25, 0.3) is 0 Å². The van der Waals surface area contributed by atoms with Crippen LogP contribution in [-0.4, -0.2) is 16.6 Å². The molecule has 0 spiro atoms. The van der Waals surface area contributed by atoms with E-state index in [1.54, 1.807) is 0 Å². The fraction of sp³-hybridized carbons (Fsp3) is 0.500. The molecule has 0 radical (unpaired) electrons. The number of allylic oxidation sites excluding steroid dienone is 1. The SMILES string of the molecule is CNC(C=C(C)C)c1cn(C)cn1. The molecule has 1 N–H and O–H groups in total. The topological polar surface area (TPSA) is 29.9 Å². The minimum atomic E-state index is 0.228. The van der Waals surface area contributed by atoms with Crippen molar-refractivity contribution in [2.45, 2.75) is 19.9 Å². The quantitative estimate of drug-likeness (QED) is 0.715. The predicted octanol–water partition coefficient (Wildman–Crippen LogP) is 1.65. The number of nitrogens with one attached hydrogen (secondary N) is 1. The summed E-state index contributed by atoms with van der Waals surface area (Å²) in [6.45, 7) is 4.18. The molecule has 1 atom stereocenters. The van der Waals surface area contributed by atoms with E-state index in [1.165, 1.54) is 5.57 Å². The maximum Gasteiger partial charge on any atom is 0.0947 e. The van der Waals surface area contributed by atoms with Crippen LogP contribution in [0.2, 0.25) is 0 Å². The van der Waals surface area contributed by atoms with Crippen LogP contribution in [0.4, 0.5) is 0 Å². The first-order valence-corrected chi connectivity index (χ1v) is 4.43. The van der Waals surface area contributed by atoms with Crippen molar-refractivity contribution in [3.8, 4) is 0 Å². The van der Waals surface area contributed by atoms with E-state index in [-0.39, 0.29) is 6.04 Å². The number of hydrogen-bond acceptors (Lipinski definition) is 2. The maximum atomic E-state index is 4.30. The first-order valence-electron chi connectivity index (χ1n) is 4.43. The summed E-state index contributed by atoms with van der Waals surface area (Å²) in [7, 11) is 3.92. The van der Waals surface area contributed by atoms with Gasteiger partial charge in [-0.2, -0.15) is 0 Å². The third-order valence-corrected chi connectivity index (χ3v) is 1.85. The fourth-order valence-electron chi connectivity index (χ4n) is 1.24. The Hall–Kier alpha value is -1.09. The molecular weight excluding hydrogens is 162 g/mol. The molecule has 1 unspecified atom stereocenters. The average molecular weight is 179 g/mol. The van der Waals surface area contributed by atoms with Crippen molar-refractivity contribution in [2.24, 2.45) is 7.05 Å². The molecule has 0 amide bonds. The Morgan fingerprint density at radius 3 is 2.69 bits per heavy atom. The summed E-state index contributed by atoms with van der Waals surface area (Å²) in [6.07, 6.45) is 6.02. The smallest absolute Gasteiger partial charge is 0.0947 e. The molecule has 1 aromatic heterocycles. The van der Waals surface area contributed by atoms with Crippen LogP contribution in [-0.2, 0) is 7.05 Å². The van der Waals surface area contributed by atoms with Crippen LogP contribution >= 0.6 is 0 Å². The van der Waals surface area contributed by atoms with Gasteiger partial charge in [-0.05, 0) is 20.9 Å². The Morgan fingerprint density at radius 1 is 1.62 bits per heavy atom. The lowest BCUT2D eigenvalue weighted by Gasteiger charge is -2.08. The monoisotopic (exact) mass is 179 g/mol. The molecule has 0 aliphatic carbocycles. The molecule has 0 bridgehead atoms. The van der Waals surface area contributed by atoms with E-state index in [2.05, 4.69) is 30.2 Å². The lowest BCUT2D eigenvalue weighted by Crippen LogP contribution is -2.14. The zero-order valence-electron chi connectivity index (χ0n) is 8.70. The lowest BCUT2D eigenvalue weighted by molar-refractivity contribution is 0.691. The van der Waals surface area contributed by atoms with E-state index in [4.69, 9.17) is 0 Å². The normalized spacial score (nSPS) is 12.6. The van der Waals surface area contributed by atoms with Crippen LogP contribution in [0.1, 0.15) is 25.6 Å². The van der Waals surface area contributed by atoms with Gasteiger partial charge in [0, 0.05) is 13.2 Å². The van der Waals surface area contributed by atoms with Gasteiger partial charge in [-0.1, -0.05) is 11.6 Å². The molecule has 1 rings (SSSR count). The Balaban J connectivity index is 2.84. The number of likely N-dealkylation sites (N-methyl/N-ethyl adjacent to an activating group) is 1. The van der Waals surface area contributed by atoms with Gasteiger partial charge in [-0.3, -0.25) is 0 Å². The van der Waals surface area contributed by atoms with Crippen LogP contribution in [0.3, 0.4) is 0 Å². The zero-order valence-corrected chi connectivity index (χ0v) is 8.70. The summed E-state index contributed by atoms with van der Waals surface area (Å²) in [5, 5.41) is 3.21. The van der Waals surface area contributed by atoms with Crippen molar-refractivity contribution in [3.63, 3.8) is 0 Å². The first kappa shape index (κ1) is 9.99. The van der Waals surface area contributed by atoms with Crippen molar-refractivity contribution in [3.05, 3.63) is 29.9 Å². The van der Waals surface area contributed by atoms with E-state index in [0.717, 1.165) is 5.69 Å². The lowest BCUT2D eigenvalue weighted by atomic mass is 10.1. The first-order chi connectivity index (χ1) is 6.13. The van der Waals surface area contributed by atoms with Crippen molar-refractivity contribution in [1.82, 2.24) is 14.9 Å². The highest BCUT2D eigenvalue weighted by atomic mass is 15.0. The molecule has 0 saturated carbocycles. The fourth-order valence-corrected chi connectivity index (χ4v) is 1.24. The number of imidazole rings is 1. The van der Waals surface area contributed by atoms with Gasteiger partial charge < -0.3 is 9.88 Å². The number of hydrogen-bond donors (Lipinski definition) is 1. The second-order valence-corrected chi connectivity index (χ2v) is 3.47. The molecular formula is C10H17N3. The molecule has 1 heterocycles. The molecule has 0 aliphatic rings. The number of aromatic nitrogens is 2. The summed E-state index contributed by atoms with van der Waals surface area (Å²) in [5.41, 5.74) is 2.36. The summed E-state index contributed by atoms with van der Waals surface area (Å²) in [4.78, 5) is 4.30. The third-order valence-electron chi connectivity index (χ3n) is 1.85. The van der Waals surface area contributed by atoms with Crippen molar-refractivity contribution < 1.29 is 0 Å². The van der Waals surface area contributed by atoms with Crippen LogP contribution in [0.5, 0.6) is 0 Å². The van der Waals surface area contributed by atoms with Gasteiger partial charge in [0.15, 0.2) is 0 Å². The van der Waals surface area contributed by atoms with Gasteiger partial charge in [0.2, 0.25) is 0 Å². The average Bonchev–Trinajstić information content (AvgIpc) is 2.47. The molecule has 0 aromatic carbocycles. The summed E-state index contributed by atoms with van der Waals surface area (Å²) in [5.74, 6) is 0. The van der Waals surface area contributed by atoms with Gasteiger partial charge >= 0.3 is 0 Å². The van der Waals surface area contributed by atoms with E-state index in [9.17, 15) is 0 Å². The van der Waals surface area contributed by atoms with Crippen LogP contribution in [0.15, 0.2) is 24.2 Å². The van der Waals surface area contributed by atoms with E-state index in [1.807, 2.05) is 31.2 Å². The molecule has 1 aromatic rings. The molecule has 3 heteroatoms. The Labute approximate surface area is 79.5 Å². The molecule has 0 saturated heterocycles. The predicted molar refractivity (Wildman–Crippen MR) is 54.4 cm³/mol. The van der Waals surface area contributed by atoms with Crippen molar-refractivity contribution in [2.75, 3.05) is 7.05 Å². The maximum absolute atomic E-state index is 4.30. The Kier molecular flexibility index (Phi) is 3.25. The third kappa shape index (κ3) is 2.70. The summed E-state index contributed by atoms with van der Waals surface area (Å²) < 4.78 is 1.96. The highest BCUT2D eigenvalue weighted by molar-refractivity contribution is 5.14.